The summed E-state index contributed by atoms with van der Waals surface area (Å²) >= 11 is 1.22. The van der Waals surface area contributed by atoms with Crippen LogP contribution in [0.25, 0.3) is 22.1 Å². The quantitative estimate of drug-likeness (QED) is 0.535. The molecule has 0 spiro atoms. The number of aromatic amines is 1. The molecule has 0 saturated heterocycles. The molecule has 0 bridgehead atoms. The van der Waals surface area contributed by atoms with Crippen LogP contribution >= 0.6 is 11.8 Å². The molecule has 0 unspecified atom stereocenters. The van der Waals surface area contributed by atoms with Crippen LogP contribution < -0.4 is 5.32 Å². The number of fused-ring (bicyclic) bond motifs is 3. The first-order valence-corrected chi connectivity index (χ1v) is 8.37. The summed E-state index contributed by atoms with van der Waals surface area (Å²) in [7, 11) is 0. The van der Waals surface area contributed by atoms with E-state index in [2.05, 4.69) is 32.4 Å². The standard InChI is InChI=1S/C15H16FN5OS/c1-2-3-6-17-12(22)8-23-15-19-14-13(20-21-15)10-7-9(16)4-5-11(10)18-14/h4-5,7H,2-3,6,8H2,1H3,(H,17,22)(H,18,19,21). The first kappa shape index (κ1) is 15.7. The lowest BCUT2D eigenvalue weighted by Crippen LogP contribution is -2.26. The van der Waals surface area contributed by atoms with E-state index >= 15 is 0 Å². The number of unbranched alkanes of at least 4 members (excludes halogenated alkanes) is 1. The Kier molecular flexibility index (Phi) is 4.71. The molecule has 8 heteroatoms. The first-order valence-electron chi connectivity index (χ1n) is 7.38. The molecule has 3 aromatic rings. The number of nitrogens with one attached hydrogen (secondary N) is 2. The molecule has 0 saturated carbocycles. The van der Waals surface area contributed by atoms with Gasteiger partial charge in [-0.25, -0.2) is 9.37 Å². The van der Waals surface area contributed by atoms with Crippen LogP contribution in [0.4, 0.5) is 4.39 Å². The second-order valence-corrected chi connectivity index (χ2v) is 6.04. The van der Waals surface area contributed by atoms with Gasteiger partial charge in [0.15, 0.2) is 5.65 Å². The van der Waals surface area contributed by atoms with Crippen molar-refractivity contribution in [1.29, 1.82) is 0 Å². The Morgan fingerprint density at radius 2 is 2.26 bits per heavy atom. The fourth-order valence-corrected chi connectivity index (χ4v) is 2.79. The van der Waals surface area contributed by atoms with Gasteiger partial charge in [0.05, 0.1) is 5.75 Å². The summed E-state index contributed by atoms with van der Waals surface area (Å²) in [5.74, 6) is -0.139. The van der Waals surface area contributed by atoms with Crippen molar-refractivity contribution in [3.63, 3.8) is 0 Å². The van der Waals surface area contributed by atoms with Crippen molar-refractivity contribution in [3.8, 4) is 0 Å². The summed E-state index contributed by atoms with van der Waals surface area (Å²) < 4.78 is 13.3. The molecule has 1 amide bonds. The number of hydrogen-bond acceptors (Lipinski definition) is 5. The lowest BCUT2D eigenvalue weighted by atomic mass is 10.2. The van der Waals surface area contributed by atoms with Gasteiger partial charge in [-0.1, -0.05) is 25.1 Å². The number of nitrogens with zero attached hydrogens (tertiary/aromatic N) is 3. The number of amides is 1. The van der Waals surface area contributed by atoms with Gasteiger partial charge in [0, 0.05) is 17.4 Å². The zero-order chi connectivity index (χ0) is 16.2. The number of thioether (sulfide) groups is 1. The average Bonchev–Trinajstić information content (AvgIpc) is 2.90. The average molecular weight is 333 g/mol. The monoisotopic (exact) mass is 333 g/mol. The van der Waals surface area contributed by atoms with E-state index in [0.29, 0.717) is 28.3 Å². The van der Waals surface area contributed by atoms with E-state index in [4.69, 9.17) is 0 Å². The van der Waals surface area contributed by atoms with E-state index in [1.54, 1.807) is 6.07 Å². The molecular formula is C15H16FN5OS. The number of benzene rings is 1. The smallest absolute Gasteiger partial charge is 0.230 e. The zero-order valence-corrected chi connectivity index (χ0v) is 13.4. The third-order valence-corrected chi connectivity index (χ3v) is 4.18. The van der Waals surface area contributed by atoms with Crippen LogP contribution in [0.5, 0.6) is 0 Å². The summed E-state index contributed by atoms with van der Waals surface area (Å²) in [5, 5.41) is 12.0. The van der Waals surface area contributed by atoms with Crippen molar-refractivity contribution >= 4 is 39.7 Å². The highest BCUT2D eigenvalue weighted by atomic mass is 32.2. The predicted molar refractivity (Wildman–Crippen MR) is 87.8 cm³/mol. The van der Waals surface area contributed by atoms with Crippen molar-refractivity contribution in [2.75, 3.05) is 12.3 Å². The molecule has 6 nitrogen and oxygen atoms in total. The molecular weight excluding hydrogens is 317 g/mol. The van der Waals surface area contributed by atoms with E-state index in [0.717, 1.165) is 18.4 Å². The number of halogens is 1. The predicted octanol–water partition coefficient (Wildman–Crippen LogP) is 2.65. The Morgan fingerprint density at radius 3 is 3.09 bits per heavy atom. The van der Waals surface area contributed by atoms with E-state index in [9.17, 15) is 9.18 Å². The van der Waals surface area contributed by atoms with Crippen molar-refractivity contribution < 1.29 is 9.18 Å². The fraction of sp³-hybridized carbons (Fsp3) is 0.333. The lowest BCUT2D eigenvalue weighted by Gasteiger charge is -2.02. The Balaban J connectivity index is 1.73. The summed E-state index contributed by atoms with van der Waals surface area (Å²) in [6.45, 7) is 2.75. The first-order chi connectivity index (χ1) is 11.2. The van der Waals surface area contributed by atoms with Crippen LogP contribution in [0.15, 0.2) is 23.4 Å². The normalized spacial score (nSPS) is 11.2. The topological polar surface area (TPSA) is 83.6 Å². The molecule has 120 valence electrons. The van der Waals surface area contributed by atoms with Gasteiger partial charge in [0.25, 0.3) is 0 Å². The van der Waals surface area contributed by atoms with Crippen molar-refractivity contribution in [3.05, 3.63) is 24.0 Å². The minimum Gasteiger partial charge on any atom is -0.355 e. The molecule has 2 aromatic heterocycles. The second-order valence-electron chi connectivity index (χ2n) is 5.10. The molecule has 0 radical (unpaired) electrons. The van der Waals surface area contributed by atoms with Gasteiger partial charge in [0.2, 0.25) is 11.1 Å². The minimum atomic E-state index is -0.331. The maximum absolute atomic E-state index is 13.3. The van der Waals surface area contributed by atoms with Crippen LogP contribution in [0.1, 0.15) is 19.8 Å². The van der Waals surface area contributed by atoms with Crippen LogP contribution in [0, 0.1) is 5.82 Å². The molecule has 2 N–H and O–H groups in total. The number of aromatic nitrogens is 4. The Morgan fingerprint density at radius 1 is 1.39 bits per heavy atom. The highest BCUT2D eigenvalue weighted by Crippen LogP contribution is 2.24. The van der Waals surface area contributed by atoms with Gasteiger partial charge in [0.1, 0.15) is 11.3 Å². The SMILES string of the molecule is CCCCNC(=O)CSc1nnc2c(n1)[nH]c1ccc(F)cc12. The van der Waals surface area contributed by atoms with Gasteiger partial charge < -0.3 is 10.3 Å². The molecule has 23 heavy (non-hydrogen) atoms. The van der Waals surface area contributed by atoms with Crippen LogP contribution in [0.3, 0.4) is 0 Å². The Labute approximate surface area is 136 Å². The van der Waals surface area contributed by atoms with Crippen LogP contribution in [-0.4, -0.2) is 38.4 Å². The summed E-state index contributed by atoms with van der Waals surface area (Å²) in [4.78, 5) is 19.1. The Hall–Kier alpha value is -2.22. The minimum absolute atomic E-state index is 0.0501. The summed E-state index contributed by atoms with van der Waals surface area (Å²) in [6.07, 6.45) is 2.00. The van der Waals surface area contributed by atoms with E-state index < -0.39 is 0 Å². The van der Waals surface area contributed by atoms with Crippen molar-refractivity contribution in [2.24, 2.45) is 0 Å². The number of hydrogen-bond donors (Lipinski definition) is 2. The van der Waals surface area contributed by atoms with Crippen LogP contribution in [-0.2, 0) is 4.79 Å². The molecule has 1 aromatic carbocycles. The molecule has 0 aliphatic carbocycles. The third-order valence-electron chi connectivity index (χ3n) is 3.34. The fourth-order valence-electron chi connectivity index (χ4n) is 2.18. The maximum atomic E-state index is 13.3. The highest BCUT2D eigenvalue weighted by Gasteiger charge is 2.11. The molecule has 2 heterocycles. The number of carbonyl (C=O) groups is 1. The molecule has 0 aliphatic rings. The lowest BCUT2D eigenvalue weighted by molar-refractivity contribution is -0.118. The highest BCUT2D eigenvalue weighted by molar-refractivity contribution is 7.99. The maximum Gasteiger partial charge on any atom is 0.230 e. The number of H-pyrrole nitrogens is 1. The third kappa shape index (κ3) is 3.58. The van der Waals surface area contributed by atoms with Crippen molar-refractivity contribution in [2.45, 2.75) is 24.9 Å². The molecule has 0 fully saturated rings. The molecule has 0 aliphatic heterocycles. The largest absolute Gasteiger partial charge is 0.355 e. The molecule has 0 atom stereocenters. The zero-order valence-electron chi connectivity index (χ0n) is 12.6. The van der Waals surface area contributed by atoms with E-state index in [1.165, 1.54) is 23.9 Å². The molecule has 3 rings (SSSR count). The second kappa shape index (κ2) is 6.91. The van der Waals surface area contributed by atoms with Crippen LogP contribution in [0.2, 0.25) is 0 Å². The number of carbonyl (C=O) groups excluding carboxylic acids is 1. The number of rotatable bonds is 6. The van der Waals surface area contributed by atoms with Gasteiger partial charge in [-0.15, -0.1) is 10.2 Å². The Bertz CT molecular complexity index is 850. The summed E-state index contributed by atoms with van der Waals surface area (Å²) in [6, 6.07) is 4.42. The van der Waals surface area contributed by atoms with Crippen molar-refractivity contribution in [1.82, 2.24) is 25.5 Å². The van der Waals surface area contributed by atoms with Gasteiger partial charge in [-0.2, -0.15) is 0 Å². The van der Waals surface area contributed by atoms with Gasteiger partial charge in [-0.05, 0) is 24.6 Å². The summed E-state index contributed by atoms with van der Waals surface area (Å²) in [5.41, 5.74) is 1.81. The van der Waals surface area contributed by atoms with Gasteiger partial charge in [-0.3, -0.25) is 4.79 Å². The van der Waals surface area contributed by atoms with E-state index in [-0.39, 0.29) is 17.5 Å². The van der Waals surface area contributed by atoms with Gasteiger partial charge >= 0.3 is 0 Å². The van der Waals surface area contributed by atoms with E-state index in [1.807, 2.05) is 0 Å².